The van der Waals surface area contributed by atoms with E-state index in [9.17, 15) is 23.4 Å². The van der Waals surface area contributed by atoms with Crippen LogP contribution in [0.2, 0.25) is 0 Å². The predicted octanol–water partition coefficient (Wildman–Crippen LogP) is 6.17. The largest absolute Gasteiger partial charge is 0.416 e. The molecule has 6 heteroatoms. The maximum atomic E-state index is 13.0. The van der Waals surface area contributed by atoms with Crippen LogP contribution in [0.4, 0.5) is 13.2 Å². The van der Waals surface area contributed by atoms with Crippen molar-refractivity contribution in [1.29, 1.82) is 0 Å². The van der Waals surface area contributed by atoms with Crippen LogP contribution in [0, 0.1) is 12.3 Å². The van der Waals surface area contributed by atoms with Gasteiger partial charge in [-0.3, -0.25) is 4.98 Å². The molecule has 1 aromatic heterocycles. The first-order chi connectivity index (χ1) is 13.8. The van der Waals surface area contributed by atoms with Crippen molar-refractivity contribution >= 4 is 0 Å². The van der Waals surface area contributed by atoms with Crippen molar-refractivity contribution in [2.75, 3.05) is 0 Å². The molecule has 166 valence electrons. The van der Waals surface area contributed by atoms with Gasteiger partial charge >= 0.3 is 6.18 Å². The minimum atomic E-state index is -4.49. The molecule has 0 aliphatic heterocycles. The Hall–Kier alpha value is -1.92. The molecule has 2 rings (SSSR count). The standard InChI is InChI=1S/C24H32F3NO2/c1-7-9-16(24(25,26)27)10-8-11-18(29)21-15(4)20-17(28-22(21)14(2)3)12-23(5,6)13-19(20)30/h7-10,14,18-19,29-30H,1,11-13H2,2-6H3/b10-8-,16-9+. The van der Waals surface area contributed by atoms with Crippen molar-refractivity contribution in [3.8, 4) is 0 Å². The molecule has 0 radical (unpaired) electrons. The van der Waals surface area contributed by atoms with E-state index in [0.29, 0.717) is 12.0 Å². The van der Waals surface area contributed by atoms with Gasteiger partial charge in [-0.15, -0.1) is 0 Å². The van der Waals surface area contributed by atoms with E-state index in [1.54, 1.807) is 0 Å². The Morgan fingerprint density at radius 1 is 1.33 bits per heavy atom. The van der Waals surface area contributed by atoms with Crippen LogP contribution in [0.1, 0.15) is 86.7 Å². The van der Waals surface area contributed by atoms with Gasteiger partial charge < -0.3 is 10.2 Å². The van der Waals surface area contributed by atoms with E-state index in [1.165, 1.54) is 6.08 Å². The van der Waals surface area contributed by atoms with Crippen LogP contribution in [0.5, 0.6) is 0 Å². The molecule has 0 aromatic carbocycles. The summed E-state index contributed by atoms with van der Waals surface area (Å²) in [7, 11) is 0. The van der Waals surface area contributed by atoms with E-state index in [-0.39, 0.29) is 17.8 Å². The van der Waals surface area contributed by atoms with Crippen LogP contribution in [-0.4, -0.2) is 21.4 Å². The second-order valence-electron chi connectivity index (χ2n) is 9.12. The van der Waals surface area contributed by atoms with Crippen LogP contribution < -0.4 is 0 Å². The van der Waals surface area contributed by atoms with Crippen molar-refractivity contribution in [2.24, 2.45) is 5.41 Å². The maximum Gasteiger partial charge on any atom is 0.416 e. The third kappa shape index (κ3) is 5.41. The van der Waals surface area contributed by atoms with Gasteiger partial charge in [-0.1, -0.05) is 58.6 Å². The number of hydrogen-bond acceptors (Lipinski definition) is 3. The fourth-order valence-corrected chi connectivity index (χ4v) is 4.22. The second kappa shape index (κ2) is 9.06. The number of pyridine rings is 1. The zero-order valence-corrected chi connectivity index (χ0v) is 18.3. The summed E-state index contributed by atoms with van der Waals surface area (Å²) in [5.74, 6) is 0.0243. The number of allylic oxidation sites excluding steroid dienone is 4. The fraction of sp³-hybridized carbons (Fsp3) is 0.542. The highest BCUT2D eigenvalue weighted by Crippen LogP contribution is 2.44. The third-order valence-corrected chi connectivity index (χ3v) is 5.54. The van der Waals surface area contributed by atoms with E-state index < -0.39 is 24.0 Å². The molecule has 1 aliphatic carbocycles. The predicted molar refractivity (Wildman–Crippen MR) is 113 cm³/mol. The minimum absolute atomic E-state index is 0.00712. The van der Waals surface area contributed by atoms with Gasteiger partial charge in [0.2, 0.25) is 0 Å². The summed E-state index contributed by atoms with van der Waals surface area (Å²) in [6, 6.07) is 0. The zero-order valence-electron chi connectivity index (χ0n) is 18.3. The molecule has 1 heterocycles. The SMILES string of the molecule is C=C/C=C(\C=C/CC(O)c1c(C(C)C)nc2c(c1C)C(O)CC(C)(C)C2)C(F)(F)F. The molecular weight excluding hydrogens is 391 g/mol. The van der Waals surface area contributed by atoms with Gasteiger partial charge in [-0.05, 0) is 43.1 Å². The number of fused-ring (bicyclic) bond motifs is 1. The van der Waals surface area contributed by atoms with Gasteiger partial charge in [0.1, 0.15) is 0 Å². The highest BCUT2D eigenvalue weighted by Gasteiger charge is 2.36. The highest BCUT2D eigenvalue weighted by molar-refractivity contribution is 5.45. The van der Waals surface area contributed by atoms with Crippen molar-refractivity contribution in [2.45, 2.75) is 78.2 Å². The molecule has 0 saturated carbocycles. The fourth-order valence-electron chi connectivity index (χ4n) is 4.22. The summed E-state index contributed by atoms with van der Waals surface area (Å²) in [5.41, 5.74) is 2.81. The summed E-state index contributed by atoms with van der Waals surface area (Å²) < 4.78 is 39.0. The average molecular weight is 424 g/mol. The molecule has 0 amide bonds. The quantitative estimate of drug-likeness (QED) is 0.538. The van der Waals surface area contributed by atoms with Gasteiger partial charge in [0.25, 0.3) is 0 Å². The van der Waals surface area contributed by atoms with E-state index in [4.69, 9.17) is 4.98 Å². The van der Waals surface area contributed by atoms with E-state index in [1.807, 2.05) is 20.8 Å². The highest BCUT2D eigenvalue weighted by atomic mass is 19.4. The summed E-state index contributed by atoms with van der Waals surface area (Å²) >= 11 is 0. The van der Waals surface area contributed by atoms with E-state index in [2.05, 4.69) is 20.4 Å². The Kier molecular flexibility index (Phi) is 7.36. The molecule has 2 N–H and O–H groups in total. The Balaban J connectivity index is 2.43. The lowest BCUT2D eigenvalue weighted by molar-refractivity contribution is -0.0882. The van der Waals surface area contributed by atoms with Crippen LogP contribution in [0.15, 0.2) is 36.5 Å². The Morgan fingerprint density at radius 2 is 1.97 bits per heavy atom. The van der Waals surface area contributed by atoms with E-state index in [0.717, 1.165) is 47.2 Å². The van der Waals surface area contributed by atoms with Gasteiger partial charge in [-0.2, -0.15) is 13.2 Å². The number of halogens is 3. The van der Waals surface area contributed by atoms with Crippen LogP contribution in [0.3, 0.4) is 0 Å². The Bertz CT molecular complexity index is 851. The lowest BCUT2D eigenvalue weighted by atomic mass is 9.72. The van der Waals surface area contributed by atoms with Crippen LogP contribution in [-0.2, 0) is 6.42 Å². The first-order valence-electron chi connectivity index (χ1n) is 10.2. The molecule has 0 fully saturated rings. The number of aromatic nitrogens is 1. The van der Waals surface area contributed by atoms with Crippen molar-refractivity contribution in [3.63, 3.8) is 0 Å². The number of rotatable bonds is 6. The van der Waals surface area contributed by atoms with Crippen LogP contribution in [0.25, 0.3) is 0 Å². The molecule has 1 aromatic rings. The molecular formula is C24H32F3NO2. The lowest BCUT2D eigenvalue weighted by Gasteiger charge is -2.36. The van der Waals surface area contributed by atoms with Crippen molar-refractivity contribution in [3.05, 3.63) is 64.5 Å². The molecule has 2 unspecified atom stereocenters. The zero-order chi connectivity index (χ0) is 22.9. The summed E-state index contributed by atoms with van der Waals surface area (Å²) in [4.78, 5) is 4.80. The molecule has 3 nitrogen and oxygen atoms in total. The molecule has 0 bridgehead atoms. The number of aliphatic hydroxyl groups is 2. The Labute approximate surface area is 177 Å². The Morgan fingerprint density at radius 3 is 2.50 bits per heavy atom. The molecule has 30 heavy (non-hydrogen) atoms. The topological polar surface area (TPSA) is 53.4 Å². The third-order valence-electron chi connectivity index (χ3n) is 5.54. The second-order valence-corrected chi connectivity index (χ2v) is 9.12. The molecule has 0 spiro atoms. The van der Waals surface area contributed by atoms with Gasteiger partial charge in [0, 0.05) is 22.5 Å². The minimum Gasteiger partial charge on any atom is -0.388 e. The lowest BCUT2D eigenvalue weighted by Crippen LogP contribution is -2.29. The first kappa shape index (κ1) is 24.4. The van der Waals surface area contributed by atoms with Gasteiger partial charge in [0.15, 0.2) is 0 Å². The number of alkyl halides is 3. The normalized spacial score (nSPS) is 20.5. The van der Waals surface area contributed by atoms with Crippen molar-refractivity contribution in [1.82, 2.24) is 4.98 Å². The van der Waals surface area contributed by atoms with Gasteiger partial charge in [0.05, 0.1) is 17.8 Å². The smallest absolute Gasteiger partial charge is 0.388 e. The van der Waals surface area contributed by atoms with Gasteiger partial charge in [-0.25, -0.2) is 0 Å². The first-order valence-corrected chi connectivity index (χ1v) is 10.2. The average Bonchev–Trinajstić information content (AvgIpc) is 2.57. The maximum absolute atomic E-state index is 13.0. The molecule has 2 atom stereocenters. The van der Waals surface area contributed by atoms with Crippen molar-refractivity contribution < 1.29 is 23.4 Å². The summed E-state index contributed by atoms with van der Waals surface area (Å²) in [6.07, 6.45) is -0.589. The van der Waals surface area contributed by atoms with E-state index >= 15 is 0 Å². The number of nitrogens with zero attached hydrogens (tertiary/aromatic N) is 1. The number of hydrogen-bond donors (Lipinski definition) is 2. The monoisotopic (exact) mass is 423 g/mol. The number of aliphatic hydroxyl groups excluding tert-OH is 2. The summed E-state index contributed by atoms with van der Waals surface area (Å²) in [6.45, 7) is 13.3. The summed E-state index contributed by atoms with van der Waals surface area (Å²) in [5, 5.41) is 21.6. The molecule has 1 aliphatic rings. The van der Waals surface area contributed by atoms with Crippen LogP contribution >= 0.6 is 0 Å². The molecule has 0 saturated heterocycles.